The lowest BCUT2D eigenvalue weighted by atomic mass is 9.96. The second-order valence-corrected chi connectivity index (χ2v) is 6.19. The van der Waals surface area contributed by atoms with Gasteiger partial charge >= 0.3 is 6.18 Å². The van der Waals surface area contributed by atoms with Crippen LogP contribution in [0.2, 0.25) is 0 Å². The number of para-hydroxylation sites is 1. The van der Waals surface area contributed by atoms with Crippen LogP contribution in [0.1, 0.15) is 15.9 Å². The fourth-order valence-corrected chi connectivity index (χ4v) is 2.76. The highest BCUT2D eigenvalue weighted by Crippen LogP contribution is 2.27. The van der Waals surface area contributed by atoms with Gasteiger partial charge in [-0.25, -0.2) is 0 Å². The smallest absolute Gasteiger partial charge is 0.405 e. The number of alkyl halides is 3. The minimum Gasteiger partial charge on any atom is -0.492 e. The lowest BCUT2D eigenvalue weighted by Crippen LogP contribution is -2.34. The molecule has 0 bridgehead atoms. The van der Waals surface area contributed by atoms with Gasteiger partial charge in [0.25, 0.3) is 5.91 Å². The Morgan fingerprint density at radius 3 is 2.67 bits per heavy atom. The number of ether oxygens (including phenoxy) is 1. The van der Waals surface area contributed by atoms with Crippen LogP contribution in [0.15, 0.2) is 48.5 Å². The SMILES string of the molecule is O=C(NCC(F)(F)F)c1cccc(NC(=O)C2COc3ccccc3C2)c1. The third-order valence-corrected chi connectivity index (χ3v) is 4.09. The molecular formula is C19H17F3N2O3. The van der Waals surface area contributed by atoms with Crippen molar-refractivity contribution < 1.29 is 27.5 Å². The Kier molecular flexibility index (Phi) is 5.34. The Bertz CT molecular complexity index is 852. The first kappa shape index (κ1) is 18.8. The predicted molar refractivity (Wildman–Crippen MR) is 92.6 cm³/mol. The third-order valence-electron chi connectivity index (χ3n) is 4.09. The molecular weight excluding hydrogens is 361 g/mol. The van der Waals surface area contributed by atoms with Gasteiger partial charge in [0.15, 0.2) is 0 Å². The predicted octanol–water partition coefficient (Wildman–Crippen LogP) is 3.17. The molecule has 1 heterocycles. The number of fused-ring (bicyclic) bond motifs is 1. The molecule has 8 heteroatoms. The van der Waals surface area contributed by atoms with Crippen molar-refractivity contribution in [3.63, 3.8) is 0 Å². The van der Waals surface area contributed by atoms with Crippen LogP contribution in [0.4, 0.5) is 18.9 Å². The fraction of sp³-hybridized carbons (Fsp3) is 0.263. The molecule has 142 valence electrons. The molecule has 2 amide bonds. The largest absolute Gasteiger partial charge is 0.492 e. The van der Waals surface area contributed by atoms with Crippen LogP contribution in [-0.2, 0) is 11.2 Å². The lowest BCUT2D eigenvalue weighted by Gasteiger charge is -2.24. The van der Waals surface area contributed by atoms with E-state index < -0.39 is 24.5 Å². The number of halogens is 3. The summed E-state index contributed by atoms with van der Waals surface area (Å²) in [5.74, 6) is -0.789. The monoisotopic (exact) mass is 378 g/mol. The van der Waals surface area contributed by atoms with E-state index in [1.807, 2.05) is 24.3 Å². The highest BCUT2D eigenvalue weighted by Gasteiger charge is 2.28. The Morgan fingerprint density at radius 2 is 1.89 bits per heavy atom. The van der Waals surface area contributed by atoms with Crippen molar-refractivity contribution in [3.8, 4) is 5.75 Å². The zero-order valence-electron chi connectivity index (χ0n) is 14.2. The summed E-state index contributed by atoms with van der Waals surface area (Å²) < 4.78 is 42.2. The molecule has 3 rings (SSSR count). The van der Waals surface area contributed by atoms with Gasteiger partial charge in [0.1, 0.15) is 18.9 Å². The number of hydrogen-bond donors (Lipinski definition) is 2. The van der Waals surface area contributed by atoms with Crippen LogP contribution in [0.3, 0.4) is 0 Å². The first-order valence-corrected chi connectivity index (χ1v) is 8.28. The minimum absolute atomic E-state index is 0.0299. The van der Waals surface area contributed by atoms with Crippen LogP contribution in [-0.4, -0.2) is 31.1 Å². The Morgan fingerprint density at radius 1 is 1.11 bits per heavy atom. The van der Waals surface area contributed by atoms with Crippen LogP contribution in [0, 0.1) is 5.92 Å². The maximum absolute atomic E-state index is 12.5. The van der Waals surface area contributed by atoms with Crippen molar-refractivity contribution in [2.75, 3.05) is 18.5 Å². The van der Waals surface area contributed by atoms with E-state index in [-0.39, 0.29) is 18.1 Å². The summed E-state index contributed by atoms with van der Waals surface area (Å²) in [4.78, 5) is 24.3. The second kappa shape index (κ2) is 7.69. The molecule has 0 fully saturated rings. The van der Waals surface area contributed by atoms with Crippen molar-refractivity contribution >= 4 is 17.5 Å². The van der Waals surface area contributed by atoms with E-state index in [1.165, 1.54) is 18.2 Å². The number of carbonyl (C=O) groups excluding carboxylic acids is 2. The lowest BCUT2D eigenvalue weighted by molar-refractivity contribution is -0.123. The van der Waals surface area contributed by atoms with E-state index in [4.69, 9.17) is 4.74 Å². The van der Waals surface area contributed by atoms with Crippen LogP contribution in [0.25, 0.3) is 0 Å². The van der Waals surface area contributed by atoms with E-state index in [0.717, 1.165) is 11.3 Å². The molecule has 0 aromatic heterocycles. The molecule has 2 N–H and O–H groups in total. The summed E-state index contributed by atoms with van der Waals surface area (Å²) in [6.45, 7) is -1.18. The molecule has 27 heavy (non-hydrogen) atoms. The molecule has 2 aromatic rings. The maximum Gasteiger partial charge on any atom is 0.405 e. The van der Waals surface area contributed by atoms with Crippen molar-refractivity contribution in [1.82, 2.24) is 5.32 Å². The maximum atomic E-state index is 12.5. The average molecular weight is 378 g/mol. The van der Waals surface area contributed by atoms with E-state index >= 15 is 0 Å². The van der Waals surface area contributed by atoms with Crippen LogP contribution in [0.5, 0.6) is 5.75 Å². The Hall–Kier alpha value is -3.03. The molecule has 0 radical (unpaired) electrons. The van der Waals surface area contributed by atoms with E-state index in [0.29, 0.717) is 12.1 Å². The van der Waals surface area contributed by atoms with Gasteiger partial charge in [0, 0.05) is 11.3 Å². The summed E-state index contributed by atoms with van der Waals surface area (Å²) in [5, 5.41) is 4.49. The first-order chi connectivity index (χ1) is 12.8. The van der Waals surface area contributed by atoms with Crippen molar-refractivity contribution in [1.29, 1.82) is 0 Å². The molecule has 0 saturated heterocycles. The van der Waals surface area contributed by atoms with E-state index in [1.54, 1.807) is 11.4 Å². The molecule has 5 nitrogen and oxygen atoms in total. The zero-order chi connectivity index (χ0) is 19.4. The number of rotatable bonds is 4. The van der Waals surface area contributed by atoms with Gasteiger partial charge in [-0.05, 0) is 36.2 Å². The van der Waals surface area contributed by atoms with Gasteiger partial charge in [-0.15, -0.1) is 0 Å². The first-order valence-electron chi connectivity index (χ1n) is 8.28. The summed E-state index contributed by atoms with van der Waals surface area (Å²) in [6, 6.07) is 13.2. The van der Waals surface area contributed by atoms with Gasteiger partial charge in [0.05, 0.1) is 5.92 Å². The molecule has 0 aliphatic carbocycles. The Labute approximate surface area is 153 Å². The van der Waals surface area contributed by atoms with Crippen molar-refractivity contribution in [2.24, 2.45) is 5.92 Å². The average Bonchev–Trinajstić information content (AvgIpc) is 2.65. The highest BCUT2D eigenvalue weighted by molar-refractivity contribution is 5.97. The molecule has 1 aliphatic rings. The summed E-state index contributed by atoms with van der Waals surface area (Å²) >= 11 is 0. The number of amides is 2. The number of hydrogen-bond acceptors (Lipinski definition) is 3. The highest BCUT2D eigenvalue weighted by atomic mass is 19.4. The topological polar surface area (TPSA) is 67.4 Å². The van der Waals surface area contributed by atoms with Gasteiger partial charge < -0.3 is 15.4 Å². The summed E-state index contributed by atoms with van der Waals surface area (Å²) in [5.41, 5.74) is 1.30. The minimum atomic E-state index is -4.49. The number of carbonyl (C=O) groups is 2. The molecule has 0 saturated carbocycles. The van der Waals surface area contributed by atoms with Gasteiger partial charge in [-0.1, -0.05) is 24.3 Å². The second-order valence-electron chi connectivity index (χ2n) is 6.19. The van der Waals surface area contributed by atoms with Gasteiger partial charge in [-0.3, -0.25) is 9.59 Å². The number of nitrogens with one attached hydrogen (secondary N) is 2. The van der Waals surface area contributed by atoms with Crippen LogP contribution < -0.4 is 15.4 Å². The van der Waals surface area contributed by atoms with E-state index in [2.05, 4.69) is 5.32 Å². The van der Waals surface area contributed by atoms with Crippen molar-refractivity contribution in [3.05, 3.63) is 59.7 Å². The van der Waals surface area contributed by atoms with Crippen molar-refractivity contribution in [2.45, 2.75) is 12.6 Å². The third kappa shape index (κ3) is 4.99. The quantitative estimate of drug-likeness (QED) is 0.859. The zero-order valence-corrected chi connectivity index (χ0v) is 14.2. The molecule has 1 atom stereocenters. The molecule has 1 aliphatic heterocycles. The summed E-state index contributed by atoms with van der Waals surface area (Å²) in [6.07, 6.45) is -3.97. The fourth-order valence-electron chi connectivity index (χ4n) is 2.76. The Balaban J connectivity index is 1.63. The van der Waals surface area contributed by atoms with Gasteiger partial charge in [-0.2, -0.15) is 13.2 Å². The molecule has 2 aromatic carbocycles. The number of anilines is 1. The number of benzene rings is 2. The molecule has 0 spiro atoms. The normalized spacial score (nSPS) is 16.0. The summed E-state index contributed by atoms with van der Waals surface area (Å²) in [7, 11) is 0. The van der Waals surface area contributed by atoms with Crippen LogP contribution >= 0.6 is 0 Å². The standard InChI is InChI=1S/C19H17F3N2O3/c20-19(21,22)11-23-17(25)13-5-3-6-15(9-13)24-18(26)14-8-12-4-1-2-7-16(12)27-10-14/h1-7,9,14H,8,10-11H2,(H,23,25)(H,24,26). The van der Waals surface area contributed by atoms with Gasteiger partial charge in [0.2, 0.25) is 5.91 Å². The molecule has 1 unspecified atom stereocenters. The van der Waals surface area contributed by atoms with E-state index in [9.17, 15) is 22.8 Å².